The maximum Gasteiger partial charge on any atom is 0.119 e. The van der Waals surface area contributed by atoms with Crippen molar-refractivity contribution in [2.45, 2.75) is 65.7 Å². The van der Waals surface area contributed by atoms with Crippen molar-refractivity contribution in [2.75, 3.05) is 6.61 Å². The van der Waals surface area contributed by atoms with Crippen LogP contribution >= 0.6 is 0 Å². The van der Waals surface area contributed by atoms with Gasteiger partial charge in [0.05, 0.1) is 6.61 Å². The zero-order valence-electron chi connectivity index (χ0n) is 19.6. The maximum atomic E-state index is 5.91. The predicted octanol–water partition coefficient (Wildman–Crippen LogP) is 8.96. The van der Waals surface area contributed by atoms with Crippen molar-refractivity contribution in [3.05, 3.63) is 78.4 Å². The van der Waals surface area contributed by atoms with E-state index in [2.05, 4.69) is 93.6 Å². The van der Waals surface area contributed by atoms with E-state index in [-0.39, 0.29) is 0 Å². The number of benzene rings is 3. The summed E-state index contributed by atoms with van der Waals surface area (Å²) >= 11 is 0. The summed E-state index contributed by atoms with van der Waals surface area (Å²) < 4.78 is 5.91. The van der Waals surface area contributed by atoms with Gasteiger partial charge in [0.15, 0.2) is 0 Å². The van der Waals surface area contributed by atoms with E-state index in [1.807, 2.05) is 0 Å². The van der Waals surface area contributed by atoms with Gasteiger partial charge in [-0.2, -0.15) is 0 Å². The van der Waals surface area contributed by atoms with Crippen molar-refractivity contribution in [3.8, 4) is 28.0 Å². The molecular formula is C30H38O. The number of ether oxygens (including phenoxy) is 1. The van der Waals surface area contributed by atoms with E-state index in [0.717, 1.165) is 24.7 Å². The first-order chi connectivity index (χ1) is 15.2. The van der Waals surface area contributed by atoms with Crippen LogP contribution in [0, 0.1) is 5.92 Å². The molecule has 0 radical (unpaired) electrons. The molecular weight excluding hydrogens is 376 g/mol. The zero-order chi connectivity index (χ0) is 21.9. The Balaban J connectivity index is 1.55. The first-order valence-corrected chi connectivity index (χ1v) is 12.1. The number of hydrogen-bond acceptors (Lipinski definition) is 1. The van der Waals surface area contributed by atoms with Gasteiger partial charge in [0.1, 0.15) is 5.75 Å². The maximum absolute atomic E-state index is 5.91. The van der Waals surface area contributed by atoms with Crippen LogP contribution in [0.15, 0.2) is 72.8 Å². The largest absolute Gasteiger partial charge is 0.494 e. The fourth-order valence-corrected chi connectivity index (χ4v) is 3.87. The van der Waals surface area contributed by atoms with E-state index in [4.69, 9.17) is 4.74 Å². The van der Waals surface area contributed by atoms with Gasteiger partial charge >= 0.3 is 0 Å². The van der Waals surface area contributed by atoms with Gasteiger partial charge in [-0.3, -0.25) is 0 Å². The fourth-order valence-electron chi connectivity index (χ4n) is 3.87. The topological polar surface area (TPSA) is 9.23 Å². The average Bonchev–Trinajstić information content (AvgIpc) is 2.83. The summed E-state index contributed by atoms with van der Waals surface area (Å²) in [4.78, 5) is 0. The Morgan fingerprint density at radius 1 is 0.645 bits per heavy atom. The van der Waals surface area contributed by atoms with E-state index >= 15 is 0 Å². The number of aryl methyl sites for hydroxylation is 1. The molecule has 0 N–H and O–H groups in total. The second kappa shape index (κ2) is 12.3. The van der Waals surface area contributed by atoms with E-state index in [1.54, 1.807) is 0 Å². The highest BCUT2D eigenvalue weighted by Gasteiger charge is 2.03. The molecule has 1 nitrogen and oxygen atoms in total. The quantitative estimate of drug-likeness (QED) is 0.269. The first-order valence-electron chi connectivity index (χ1n) is 12.1. The van der Waals surface area contributed by atoms with E-state index < -0.39 is 0 Å². The molecule has 0 aliphatic carbocycles. The molecule has 0 saturated carbocycles. The van der Waals surface area contributed by atoms with Crippen molar-refractivity contribution >= 4 is 0 Å². The summed E-state index contributed by atoms with van der Waals surface area (Å²) in [5.41, 5.74) is 6.46. The number of hydrogen-bond donors (Lipinski definition) is 0. The normalized spacial score (nSPS) is 12.0. The van der Waals surface area contributed by atoms with Gasteiger partial charge in [-0.05, 0) is 71.6 Å². The molecule has 3 rings (SSSR count). The van der Waals surface area contributed by atoms with Crippen LogP contribution in [-0.4, -0.2) is 6.61 Å². The van der Waals surface area contributed by atoms with Crippen molar-refractivity contribution in [2.24, 2.45) is 5.92 Å². The zero-order valence-corrected chi connectivity index (χ0v) is 19.6. The SMILES string of the molecule is CCCCCc1ccc(-c2ccc(-c3ccc(OCCC[C@@H](C)CC)cc3)cc2)cc1. The summed E-state index contributed by atoms with van der Waals surface area (Å²) in [6.07, 6.45) is 8.67. The summed E-state index contributed by atoms with van der Waals surface area (Å²) in [6, 6.07) is 26.4. The van der Waals surface area contributed by atoms with Crippen molar-refractivity contribution in [3.63, 3.8) is 0 Å². The predicted molar refractivity (Wildman–Crippen MR) is 135 cm³/mol. The minimum absolute atomic E-state index is 0.790. The van der Waals surface area contributed by atoms with Crippen LogP contribution in [0.3, 0.4) is 0 Å². The van der Waals surface area contributed by atoms with Gasteiger partial charge in [0.2, 0.25) is 0 Å². The molecule has 3 aromatic rings. The third kappa shape index (κ3) is 7.28. The number of rotatable bonds is 12. The molecule has 0 fully saturated rings. The third-order valence-corrected chi connectivity index (χ3v) is 6.24. The van der Waals surface area contributed by atoms with E-state index in [9.17, 15) is 0 Å². The highest BCUT2D eigenvalue weighted by Crippen LogP contribution is 2.27. The minimum Gasteiger partial charge on any atom is -0.494 e. The minimum atomic E-state index is 0.790. The fraction of sp³-hybridized carbons (Fsp3) is 0.400. The first kappa shape index (κ1) is 23.1. The van der Waals surface area contributed by atoms with Crippen molar-refractivity contribution in [1.29, 1.82) is 0 Å². The Kier molecular flexibility index (Phi) is 9.21. The van der Waals surface area contributed by atoms with Crippen LogP contribution in [0.25, 0.3) is 22.3 Å². The number of unbranched alkanes of at least 4 members (excludes halogenated alkanes) is 2. The van der Waals surface area contributed by atoms with Gasteiger partial charge in [0, 0.05) is 0 Å². The lowest BCUT2D eigenvalue weighted by Gasteiger charge is -2.10. The average molecular weight is 415 g/mol. The molecule has 0 saturated heterocycles. The van der Waals surface area contributed by atoms with Crippen molar-refractivity contribution < 1.29 is 4.74 Å². The van der Waals surface area contributed by atoms with Crippen LogP contribution in [0.1, 0.15) is 64.9 Å². The Morgan fingerprint density at radius 3 is 1.68 bits per heavy atom. The Morgan fingerprint density at radius 2 is 1.16 bits per heavy atom. The Bertz CT molecular complexity index is 875. The molecule has 1 heteroatoms. The van der Waals surface area contributed by atoms with Crippen LogP contribution in [0.4, 0.5) is 0 Å². The molecule has 0 heterocycles. The van der Waals surface area contributed by atoms with Gasteiger partial charge in [0.25, 0.3) is 0 Å². The van der Waals surface area contributed by atoms with Gasteiger partial charge < -0.3 is 4.74 Å². The van der Waals surface area contributed by atoms with Crippen LogP contribution in [0.2, 0.25) is 0 Å². The van der Waals surface area contributed by atoms with E-state index in [1.165, 1.54) is 66.3 Å². The summed E-state index contributed by atoms with van der Waals surface area (Å²) in [7, 11) is 0. The van der Waals surface area contributed by atoms with E-state index in [0.29, 0.717) is 0 Å². The molecule has 0 aromatic heterocycles. The van der Waals surface area contributed by atoms with Crippen LogP contribution < -0.4 is 4.74 Å². The lowest BCUT2D eigenvalue weighted by atomic mass is 9.98. The molecule has 0 spiro atoms. The monoisotopic (exact) mass is 414 g/mol. The van der Waals surface area contributed by atoms with Gasteiger partial charge in [-0.25, -0.2) is 0 Å². The highest BCUT2D eigenvalue weighted by molar-refractivity contribution is 5.70. The Hall–Kier alpha value is -2.54. The molecule has 0 unspecified atom stereocenters. The summed E-state index contributed by atoms with van der Waals surface area (Å²) in [5.74, 6) is 1.75. The lowest BCUT2D eigenvalue weighted by molar-refractivity contribution is 0.294. The molecule has 0 bridgehead atoms. The molecule has 1 atom stereocenters. The summed E-state index contributed by atoms with van der Waals surface area (Å²) in [5, 5.41) is 0. The summed E-state index contributed by atoms with van der Waals surface area (Å²) in [6.45, 7) is 7.62. The molecule has 0 aliphatic heterocycles. The molecule has 164 valence electrons. The second-order valence-electron chi connectivity index (χ2n) is 8.76. The third-order valence-electron chi connectivity index (χ3n) is 6.24. The molecule has 0 aliphatic rings. The highest BCUT2D eigenvalue weighted by atomic mass is 16.5. The Labute approximate surface area is 189 Å². The standard InChI is InChI=1S/C30H38O/c1-4-6-7-10-25-11-13-26(14-12-25)27-15-17-28(18-16-27)29-19-21-30(22-20-29)31-23-8-9-24(3)5-2/h11-22,24H,4-10,23H2,1-3H3/t24-/m0/s1. The smallest absolute Gasteiger partial charge is 0.119 e. The molecule has 3 aromatic carbocycles. The molecule has 0 amide bonds. The lowest BCUT2D eigenvalue weighted by Crippen LogP contribution is -2.00. The second-order valence-corrected chi connectivity index (χ2v) is 8.76. The van der Waals surface area contributed by atoms with Crippen molar-refractivity contribution in [1.82, 2.24) is 0 Å². The molecule has 31 heavy (non-hydrogen) atoms. The van der Waals surface area contributed by atoms with Gasteiger partial charge in [-0.15, -0.1) is 0 Å². The van der Waals surface area contributed by atoms with Gasteiger partial charge in [-0.1, -0.05) is 101 Å². The van der Waals surface area contributed by atoms with Crippen LogP contribution in [0.5, 0.6) is 5.75 Å². The van der Waals surface area contributed by atoms with Crippen LogP contribution in [-0.2, 0) is 6.42 Å².